The molecule has 0 saturated heterocycles. The van der Waals surface area contributed by atoms with Crippen molar-refractivity contribution in [2.45, 2.75) is 37.8 Å². The van der Waals surface area contributed by atoms with Crippen LogP contribution in [0.1, 0.15) is 36.8 Å². The number of amides is 1. The first-order chi connectivity index (χ1) is 15.7. The summed E-state index contributed by atoms with van der Waals surface area (Å²) < 4.78 is 0. The lowest BCUT2D eigenvalue weighted by molar-refractivity contribution is -0.122. The predicted octanol–water partition coefficient (Wildman–Crippen LogP) is 5.22. The van der Waals surface area contributed by atoms with Gasteiger partial charge in [0.2, 0.25) is 5.91 Å². The molecule has 1 aliphatic rings. The van der Waals surface area contributed by atoms with Crippen LogP contribution in [0.15, 0.2) is 84.9 Å². The summed E-state index contributed by atoms with van der Waals surface area (Å²) in [6.07, 6.45) is 2.20. The van der Waals surface area contributed by atoms with Gasteiger partial charge in [-0.05, 0) is 42.5 Å². The molecule has 1 aromatic heterocycles. The first kappa shape index (κ1) is 20.5. The van der Waals surface area contributed by atoms with Crippen LogP contribution in [0.5, 0.6) is 0 Å². The Morgan fingerprint density at radius 3 is 2.31 bits per heavy atom. The number of nitrogens with one attached hydrogen (secondary N) is 3. The average Bonchev–Trinajstić information content (AvgIpc) is 3.58. The maximum absolute atomic E-state index is 12.6. The third-order valence-corrected chi connectivity index (χ3v) is 6.30. The molecule has 0 radical (unpaired) electrons. The molecule has 0 aliphatic heterocycles. The summed E-state index contributed by atoms with van der Waals surface area (Å²) in [7, 11) is 0. The zero-order valence-corrected chi connectivity index (χ0v) is 18.3. The molecule has 32 heavy (non-hydrogen) atoms. The number of carbonyl (C=O) groups is 1. The fourth-order valence-corrected chi connectivity index (χ4v) is 4.37. The molecule has 3 aromatic carbocycles. The van der Waals surface area contributed by atoms with Gasteiger partial charge in [0.25, 0.3) is 0 Å². The number of hydrogen-bond acceptors (Lipinski definition) is 2. The van der Waals surface area contributed by atoms with E-state index in [1.165, 1.54) is 22.1 Å². The average molecular weight is 424 g/mol. The van der Waals surface area contributed by atoms with Gasteiger partial charge in [0.05, 0.1) is 11.7 Å². The van der Waals surface area contributed by atoms with Crippen molar-refractivity contribution >= 4 is 16.8 Å². The van der Waals surface area contributed by atoms with Gasteiger partial charge in [-0.1, -0.05) is 78.9 Å². The third kappa shape index (κ3) is 4.32. The summed E-state index contributed by atoms with van der Waals surface area (Å²) >= 11 is 0. The number of fused-ring (bicyclic) bond motifs is 1. The molecule has 5 rings (SSSR count). The van der Waals surface area contributed by atoms with Crippen LogP contribution in [-0.2, 0) is 4.79 Å². The standard InChI is InChI=1S/C28H29N3O/c1-19(28(32)30-22-16-17-22)29-18-24(20-10-4-2-5-11-20)26-23-14-8-9-15-25(23)31-27(26)21-12-6-3-7-13-21/h2-15,19,22,24,29,31H,16-18H2,1H3,(H,30,32)/t19-,24+/m1/s1. The van der Waals surface area contributed by atoms with E-state index < -0.39 is 0 Å². The lowest BCUT2D eigenvalue weighted by Crippen LogP contribution is -2.44. The van der Waals surface area contributed by atoms with Crippen molar-refractivity contribution in [3.8, 4) is 11.3 Å². The van der Waals surface area contributed by atoms with Crippen LogP contribution in [0.2, 0.25) is 0 Å². The predicted molar refractivity (Wildman–Crippen MR) is 131 cm³/mol. The van der Waals surface area contributed by atoms with Crippen LogP contribution in [0.3, 0.4) is 0 Å². The van der Waals surface area contributed by atoms with Gasteiger partial charge in [-0.15, -0.1) is 0 Å². The van der Waals surface area contributed by atoms with E-state index in [4.69, 9.17) is 0 Å². The molecule has 0 bridgehead atoms. The van der Waals surface area contributed by atoms with E-state index in [0.717, 1.165) is 24.1 Å². The molecule has 1 aliphatic carbocycles. The Morgan fingerprint density at radius 2 is 1.59 bits per heavy atom. The van der Waals surface area contributed by atoms with Crippen molar-refractivity contribution in [2.24, 2.45) is 0 Å². The SMILES string of the molecule is C[C@@H](NC[C@@H](c1ccccc1)c1c(-c2ccccc2)[nH]c2ccccc12)C(=O)NC1CC1. The van der Waals surface area contributed by atoms with Crippen LogP contribution in [0.4, 0.5) is 0 Å². The summed E-state index contributed by atoms with van der Waals surface area (Å²) in [5, 5.41) is 7.85. The van der Waals surface area contributed by atoms with E-state index in [2.05, 4.69) is 88.4 Å². The largest absolute Gasteiger partial charge is 0.354 e. The number of H-pyrrole nitrogens is 1. The molecular formula is C28H29N3O. The maximum Gasteiger partial charge on any atom is 0.237 e. The molecule has 1 saturated carbocycles. The summed E-state index contributed by atoms with van der Waals surface area (Å²) in [5.41, 5.74) is 5.93. The number of carbonyl (C=O) groups excluding carboxylic acids is 1. The lowest BCUT2D eigenvalue weighted by Gasteiger charge is -2.23. The summed E-state index contributed by atoms with van der Waals surface area (Å²) in [4.78, 5) is 16.2. The van der Waals surface area contributed by atoms with Crippen LogP contribution < -0.4 is 10.6 Å². The number of aromatic amines is 1. The minimum atomic E-state index is -0.243. The fourth-order valence-electron chi connectivity index (χ4n) is 4.37. The second-order valence-corrected chi connectivity index (χ2v) is 8.70. The second-order valence-electron chi connectivity index (χ2n) is 8.70. The molecule has 0 unspecified atom stereocenters. The van der Waals surface area contributed by atoms with E-state index >= 15 is 0 Å². The van der Waals surface area contributed by atoms with Crippen molar-refractivity contribution in [3.63, 3.8) is 0 Å². The molecule has 4 heteroatoms. The van der Waals surface area contributed by atoms with Crippen molar-refractivity contribution < 1.29 is 4.79 Å². The molecule has 2 atom stereocenters. The van der Waals surface area contributed by atoms with E-state index in [1.54, 1.807) is 0 Å². The molecule has 1 fully saturated rings. The lowest BCUT2D eigenvalue weighted by atomic mass is 9.87. The third-order valence-electron chi connectivity index (χ3n) is 6.30. The van der Waals surface area contributed by atoms with Crippen molar-refractivity contribution in [2.75, 3.05) is 6.54 Å². The maximum atomic E-state index is 12.6. The van der Waals surface area contributed by atoms with Crippen molar-refractivity contribution in [1.29, 1.82) is 0 Å². The Morgan fingerprint density at radius 1 is 0.938 bits per heavy atom. The van der Waals surface area contributed by atoms with Gasteiger partial charge in [0.15, 0.2) is 0 Å². The Hall–Kier alpha value is -3.37. The smallest absolute Gasteiger partial charge is 0.237 e. The molecule has 1 amide bonds. The molecular weight excluding hydrogens is 394 g/mol. The minimum absolute atomic E-state index is 0.0847. The van der Waals surface area contributed by atoms with E-state index in [0.29, 0.717) is 12.6 Å². The van der Waals surface area contributed by atoms with Gasteiger partial charge in [0.1, 0.15) is 0 Å². The second kappa shape index (κ2) is 9.01. The number of benzene rings is 3. The highest BCUT2D eigenvalue weighted by atomic mass is 16.2. The van der Waals surface area contributed by atoms with Gasteiger partial charge in [-0.25, -0.2) is 0 Å². The number of aromatic nitrogens is 1. The highest BCUT2D eigenvalue weighted by Gasteiger charge is 2.27. The highest BCUT2D eigenvalue weighted by Crippen LogP contribution is 2.38. The number of hydrogen-bond donors (Lipinski definition) is 3. The molecule has 4 nitrogen and oxygen atoms in total. The van der Waals surface area contributed by atoms with Crippen molar-refractivity contribution in [1.82, 2.24) is 15.6 Å². The van der Waals surface area contributed by atoms with Crippen LogP contribution in [0, 0.1) is 0 Å². The van der Waals surface area contributed by atoms with Gasteiger partial charge in [0, 0.05) is 29.4 Å². The minimum Gasteiger partial charge on any atom is -0.354 e. The van der Waals surface area contributed by atoms with Gasteiger partial charge >= 0.3 is 0 Å². The molecule has 1 heterocycles. The molecule has 3 N–H and O–H groups in total. The van der Waals surface area contributed by atoms with Gasteiger partial charge in [-0.3, -0.25) is 4.79 Å². The quantitative estimate of drug-likeness (QED) is 0.364. The molecule has 162 valence electrons. The van der Waals surface area contributed by atoms with Crippen LogP contribution >= 0.6 is 0 Å². The first-order valence-electron chi connectivity index (χ1n) is 11.5. The van der Waals surface area contributed by atoms with E-state index in [-0.39, 0.29) is 17.9 Å². The van der Waals surface area contributed by atoms with Gasteiger partial charge < -0.3 is 15.6 Å². The normalized spacial score (nSPS) is 15.4. The highest BCUT2D eigenvalue weighted by molar-refractivity contribution is 5.92. The van der Waals surface area contributed by atoms with Crippen LogP contribution in [-0.4, -0.2) is 29.5 Å². The van der Waals surface area contributed by atoms with Crippen LogP contribution in [0.25, 0.3) is 22.2 Å². The number of para-hydroxylation sites is 1. The Labute approximate surface area is 189 Å². The summed E-state index contributed by atoms with van der Waals surface area (Å²) in [6.45, 7) is 2.62. The first-order valence-corrected chi connectivity index (χ1v) is 11.5. The Balaban J connectivity index is 1.55. The zero-order chi connectivity index (χ0) is 21.9. The van der Waals surface area contributed by atoms with Gasteiger partial charge in [-0.2, -0.15) is 0 Å². The number of rotatable bonds is 8. The summed E-state index contributed by atoms with van der Waals surface area (Å²) in [6, 6.07) is 29.7. The van der Waals surface area contributed by atoms with Crippen molar-refractivity contribution in [3.05, 3.63) is 96.1 Å². The Kier molecular flexibility index (Phi) is 5.78. The topological polar surface area (TPSA) is 56.9 Å². The fraction of sp³-hybridized carbons (Fsp3) is 0.250. The summed E-state index contributed by atoms with van der Waals surface area (Å²) in [5.74, 6) is 0.181. The Bertz CT molecular complexity index is 1200. The van der Waals surface area contributed by atoms with E-state index in [1.807, 2.05) is 19.1 Å². The van der Waals surface area contributed by atoms with E-state index in [9.17, 15) is 4.79 Å². The molecule has 4 aromatic rings. The molecule has 0 spiro atoms. The monoisotopic (exact) mass is 423 g/mol. The zero-order valence-electron chi connectivity index (χ0n) is 18.3.